The molecule has 5 atom stereocenters. The number of hydrogen-bond acceptors (Lipinski definition) is 8. The van der Waals surface area contributed by atoms with E-state index in [1.165, 1.54) is 0 Å². The van der Waals surface area contributed by atoms with Crippen LogP contribution in [0.1, 0.15) is 55.5 Å². The largest absolute Gasteiger partial charge is 0.492 e. The van der Waals surface area contributed by atoms with E-state index in [4.69, 9.17) is 14.6 Å². The SMILES string of the molecule is CC(C)(C)OC(=O)NC(Cc1ccccc1)C(O)CC(Cc1ccc(OCCNCCO)cc1)C(=O)NC1c2ccccc2CC1O. The van der Waals surface area contributed by atoms with Gasteiger partial charge in [-0.25, -0.2) is 4.79 Å². The maximum absolute atomic E-state index is 14.0. The quantitative estimate of drug-likeness (QED) is 0.130. The van der Waals surface area contributed by atoms with E-state index in [0.717, 1.165) is 22.3 Å². The van der Waals surface area contributed by atoms with E-state index in [2.05, 4.69) is 16.0 Å². The predicted molar refractivity (Wildman–Crippen MR) is 180 cm³/mol. The van der Waals surface area contributed by atoms with E-state index in [-0.39, 0.29) is 18.9 Å². The standard InChI is InChI=1S/C37H49N3O7/c1-37(2,3)47-36(45)39-31(22-25-9-5-4-6-10-25)32(42)24-28(21-26-13-15-29(16-14-26)46-20-18-38-17-19-41)35(44)40-34-30-12-8-7-11-27(30)23-33(34)43/h4-16,28,31-34,38,41-43H,17-24H2,1-3H3,(H,39,45)(H,40,44). The number of carbonyl (C=O) groups is 2. The van der Waals surface area contributed by atoms with Crippen molar-refractivity contribution in [3.8, 4) is 5.75 Å². The van der Waals surface area contributed by atoms with Gasteiger partial charge < -0.3 is 40.7 Å². The Hall–Kier alpha value is -3.96. The van der Waals surface area contributed by atoms with Crippen LogP contribution in [-0.4, -0.2) is 77.5 Å². The van der Waals surface area contributed by atoms with Gasteiger partial charge in [-0.15, -0.1) is 0 Å². The van der Waals surface area contributed by atoms with Crippen LogP contribution in [0.5, 0.6) is 5.75 Å². The lowest BCUT2D eigenvalue weighted by atomic mass is 9.88. The summed E-state index contributed by atoms with van der Waals surface area (Å²) in [6.45, 7) is 6.92. The zero-order chi connectivity index (χ0) is 33.8. The van der Waals surface area contributed by atoms with Crippen molar-refractivity contribution in [3.05, 3.63) is 101 Å². The minimum atomic E-state index is -1.09. The zero-order valence-corrected chi connectivity index (χ0v) is 27.5. The first kappa shape index (κ1) is 35.9. The van der Waals surface area contributed by atoms with E-state index >= 15 is 0 Å². The lowest BCUT2D eigenvalue weighted by Crippen LogP contribution is -2.48. The third kappa shape index (κ3) is 11.4. The van der Waals surface area contributed by atoms with Gasteiger partial charge in [0.1, 0.15) is 18.0 Å². The molecule has 47 heavy (non-hydrogen) atoms. The predicted octanol–water partition coefficient (Wildman–Crippen LogP) is 3.47. The monoisotopic (exact) mass is 647 g/mol. The van der Waals surface area contributed by atoms with E-state index in [1.807, 2.05) is 78.9 Å². The van der Waals surface area contributed by atoms with E-state index in [1.54, 1.807) is 20.8 Å². The van der Waals surface area contributed by atoms with Crippen LogP contribution in [0.15, 0.2) is 78.9 Å². The first-order valence-corrected chi connectivity index (χ1v) is 16.3. The van der Waals surface area contributed by atoms with Crippen LogP contribution >= 0.6 is 0 Å². The highest BCUT2D eigenvalue weighted by molar-refractivity contribution is 5.80. The molecule has 4 rings (SSSR count). The van der Waals surface area contributed by atoms with Gasteiger partial charge in [0.05, 0.1) is 30.9 Å². The molecule has 0 spiro atoms. The summed E-state index contributed by atoms with van der Waals surface area (Å²) in [5, 5.41) is 40.4. The summed E-state index contributed by atoms with van der Waals surface area (Å²) in [4.78, 5) is 26.8. The fourth-order valence-corrected chi connectivity index (χ4v) is 5.82. The number of hydrogen-bond donors (Lipinski definition) is 6. The molecule has 3 aromatic carbocycles. The molecule has 0 aliphatic heterocycles. The molecule has 5 unspecified atom stereocenters. The van der Waals surface area contributed by atoms with Crippen molar-refractivity contribution in [1.29, 1.82) is 0 Å². The number of alkyl carbamates (subject to hydrolysis) is 1. The highest BCUT2D eigenvalue weighted by atomic mass is 16.6. The van der Waals surface area contributed by atoms with Crippen LogP contribution in [0.25, 0.3) is 0 Å². The van der Waals surface area contributed by atoms with Crippen LogP contribution in [0.3, 0.4) is 0 Å². The number of aliphatic hydroxyl groups is 3. The molecule has 0 bridgehead atoms. The highest BCUT2D eigenvalue weighted by Gasteiger charge is 2.35. The van der Waals surface area contributed by atoms with Crippen molar-refractivity contribution in [2.24, 2.45) is 5.92 Å². The van der Waals surface area contributed by atoms with Gasteiger partial charge in [0, 0.05) is 25.4 Å². The molecule has 10 nitrogen and oxygen atoms in total. The smallest absolute Gasteiger partial charge is 0.407 e. The van der Waals surface area contributed by atoms with E-state index in [9.17, 15) is 19.8 Å². The van der Waals surface area contributed by atoms with Gasteiger partial charge in [0.2, 0.25) is 5.91 Å². The third-order valence-corrected chi connectivity index (χ3v) is 8.11. The molecule has 0 aromatic heterocycles. The van der Waals surface area contributed by atoms with Crippen molar-refractivity contribution in [1.82, 2.24) is 16.0 Å². The maximum atomic E-state index is 14.0. The molecule has 0 fully saturated rings. The summed E-state index contributed by atoms with van der Waals surface area (Å²) in [5.74, 6) is -0.301. The molecular weight excluding hydrogens is 598 g/mol. The van der Waals surface area contributed by atoms with Gasteiger partial charge in [-0.3, -0.25) is 4.79 Å². The zero-order valence-electron chi connectivity index (χ0n) is 27.5. The number of carbonyl (C=O) groups excluding carboxylic acids is 2. The number of rotatable bonds is 16. The summed E-state index contributed by atoms with van der Waals surface area (Å²) in [5.41, 5.74) is 2.94. The molecule has 10 heteroatoms. The second-order valence-electron chi connectivity index (χ2n) is 13.1. The molecule has 0 saturated heterocycles. The molecule has 0 heterocycles. The molecule has 3 aromatic rings. The van der Waals surface area contributed by atoms with Gasteiger partial charge in [0.25, 0.3) is 0 Å². The van der Waals surface area contributed by atoms with E-state index in [0.29, 0.717) is 44.7 Å². The van der Waals surface area contributed by atoms with E-state index < -0.39 is 41.9 Å². The van der Waals surface area contributed by atoms with Crippen LogP contribution < -0.4 is 20.7 Å². The van der Waals surface area contributed by atoms with Gasteiger partial charge in [0.15, 0.2) is 0 Å². The molecule has 0 saturated carbocycles. The summed E-state index contributed by atoms with van der Waals surface area (Å²) in [6.07, 6.45) is -1.34. The Balaban J connectivity index is 1.52. The first-order valence-electron chi connectivity index (χ1n) is 16.3. The van der Waals surface area contributed by atoms with Crippen molar-refractivity contribution < 1.29 is 34.4 Å². The third-order valence-electron chi connectivity index (χ3n) is 8.11. The summed E-state index contributed by atoms with van der Waals surface area (Å²) < 4.78 is 11.3. The van der Waals surface area contributed by atoms with Gasteiger partial charge in [-0.1, -0.05) is 66.7 Å². The number of nitrogens with one attached hydrogen (secondary N) is 3. The average Bonchev–Trinajstić information content (AvgIpc) is 3.35. The van der Waals surface area contributed by atoms with Crippen molar-refractivity contribution in [3.63, 3.8) is 0 Å². The fourth-order valence-electron chi connectivity index (χ4n) is 5.82. The van der Waals surface area contributed by atoms with Crippen LogP contribution in [0.4, 0.5) is 4.79 Å². The van der Waals surface area contributed by atoms with Crippen LogP contribution in [0.2, 0.25) is 0 Å². The first-order chi connectivity index (χ1) is 22.5. The summed E-state index contributed by atoms with van der Waals surface area (Å²) in [7, 11) is 0. The fraction of sp³-hybridized carbons (Fsp3) is 0.459. The molecule has 2 amide bonds. The second kappa shape index (κ2) is 17.3. The van der Waals surface area contributed by atoms with Crippen molar-refractivity contribution in [2.75, 3.05) is 26.3 Å². The molecule has 0 radical (unpaired) electrons. The summed E-state index contributed by atoms with van der Waals surface area (Å²) in [6, 6.07) is 23.4. The number of ether oxygens (including phenoxy) is 2. The molecule has 254 valence electrons. The minimum absolute atomic E-state index is 0.0539. The Morgan fingerprint density at radius 3 is 2.30 bits per heavy atom. The summed E-state index contributed by atoms with van der Waals surface area (Å²) >= 11 is 0. The van der Waals surface area contributed by atoms with Gasteiger partial charge in [-0.05, 0) is 74.4 Å². The van der Waals surface area contributed by atoms with Crippen LogP contribution in [-0.2, 0) is 28.8 Å². The van der Waals surface area contributed by atoms with Crippen molar-refractivity contribution in [2.45, 2.75) is 76.3 Å². The highest BCUT2D eigenvalue weighted by Crippen LogP contribution is 2.32. The topological polar surface area (TPSA) is 149 Å². The molecule has 1 aliphatic rings. The number of fused-ring (bicyclic) bond motifs is 1. The average molecular weight is 648 g/mol. The Kier molecular flexibility index (Phi) is 13.2. The Morgan fingerprint density at radius 1 is 0.915 bits per heavy atom. The van der Waals surface area contributed by atoms with Gasteiger partial charge >= 0.3 is 6.09 Å². The van der Waals surface area contributed by atoms with Gasteiger partial charge in [-0.2, -0.15) is 0 Å². The van der Waals surface area contributed by atoms with Crippen molar-refractivity contribution >= 4 is 12.0 Å². The molecule has 1 aliphatic carbocycles. The lowest BCUT2D eigenvalue weighted by Gasteiger charge is -2.29. The minimum Gasteiger partial charge on any atom is -0.492 e. The number of aliphatic hydroxyl groups excluding tert-OH is 3. The van der Waals surface area contributed by atoms with Crippen LogP contribution in [0, 0.1) is 5.92 Å². The maximum Gasteiger partial charge on any atom is 0.407 e. The second-order valence-corrected chi connectivity index (χ2v) is 13.1. The number of benzene rings is 3. The Labute approximate surface area is 277 Å². The molecule has 6 N–H and O–H groups in total. The Bertz CT molecular complexity index is 1410. The molecular formula is C37H49N3O7. The lowest BCUT2D eigenvalue weighted by molar-refractivity contribution is -0.127. The number of amides is 2. The Morgan fingerprint density at radius 2 is 1.60 bits per heavy atom. The normalized spacial score (nSPS) is 17.7.